The molecule has 4 aromatic heterocycles. The van der Waals surface area contributed by atoms with Crippen molar-refractivity contribution in [2.45, 2.75) is 36.6 Å². The Hall–Kier alpha value is -2.23. The number of benzene rings is 1. The van der Waals surface area contributed by atoms with E-state index < -0.39 is 0 Å². The second kappa shape index (κ2) is 6.40. The summed E-state index contributed by atoms with van der Waals surface area (Å²) in [6.45, 7) is 0. The number of para-hydroxylation sites is 1. The van der Waals surface area contributed by atoms with Crippen LogP contribution in [0.1, 0.15) is 29.1 Å². The number of thiazole rings is 1. The summed E-state index contributed by atoms with van der Waals surface area (Å²) in [5, 5.41) is 10.3. The van der Waals surface area contributed by atoms with E-state index in [4.69, 9.17) is 4.98 Å². The molecule has 0 aliphatic heterocycles. The molecule has 0 spiro atoms. The first-order valence-corrected chi connectivity index (χ1v) is 11.8. The lowest BCUT2D eigenvalue weighted by Gasteiger charge is -2.09. The molecule has 4 heterocycles. The molecule has 0 amide bonds. The molecule has 0 fully saturated rings. The summed E-state index contributed by atoms with van der Waals surface area (Å²) in [6, 6.07) is 8.22. The molecule has 140 valence electrons. The van der Waals surface area contributed by atoms with Crippen molar-refractivity contribution in [2.24, 2.45) is 0 Å². The van der Waals surface area contributed by atoms with Crippen molar-refractivity contribution in [2.75, 3.05) is 0 Å². The molecule has 1 aliphatic carbocycles. The minimum Gasteiger partial charge on any atom is -0.309 e. The van der Waals surface area contributed by atoms with E-state index in [1.165, 1.54) is 21.6 Å². The van der Waals surface area contributed by atoms with Crippen LogP contribution in [-0.2, 0) is 18.6 Å². The second-order valence-electron chi connectivity index (χ2n) is 6.86. The Morgan fingerprint density at radius 2 is 2.04 bits per heavy atom. The van der Waals surface area contributed by atoms with Crippen molar-refractivity contribution in [3.05, 3.63) is 50.9 Å². The lowest BCUT2D eigenvalue weighted by molar-refractivity contribution is 0.700. The highest BCUT2D eigenvalue weighted by Gasteiger charge is 2.20. The summed E-state index contributed by atoms with van der Waals surface area (Å²) >= 11 is 4.86. The summed E-state index contributed by atoms with van der Waals surface area (Å²) in [7, 11) is 0. The quantitative estimate of drug-likeness (QED) is 0.433. The van der Waals surface area contributed by atoms with Gasteiger partial charge in [0.05, 0.1) is 21.4 Å². The third-order valence-corrected chi connectivity index (χ3v) is 8.26. The molecular formula is C19H15N5OS3. The van der Waals surface area contributed by atoms with Crippen molar-refractivity contribution in [3.8, 4) is 0 Å². The predicted octanol–water partition coefficient (Wildman–Crippen LogP) is 4.41. The molecule has 0 unspecified atom stereocenters. The number of fused-ring (bicyclic) bond motifs is 6. The van der Waals surface area contributed by atoms with Gasteiger partial charge in [-0.2, -0.15) is 0 Å². The van der Waals surface area contributed by atoms with Crippen molar-refractivity contribution < 1.29 is 0 Å². The zero-order valence-corrected chi connectivity index (χ0v) is 17.2. The third kappa shape index (κ3) is 2.53. The topological polar surface area (TPSA) is 75.9 Å². The fourth-order valence-corrected chi connectivity index (χ4v) is 6.98. The molecule has 9 heteroatoms. The smallest absolute Gasteiger partial charge is 0.259 e. The van der Waals surface area contributed by atoms with Gasteiger partial charge in [0.2, 0.25) is 4.96 Å². The molecule has 0 bridgehead atoms. The van der Waals surface area contributed by atoms with Gasteiger partial charge in [0, 0.05) is 4.88 Å². The maximum atomic E-state index is 12.7. The lowest BCUT2D eigenvalue weighted by Crippen LogP contribution is -2.12. The molecule has 0 radical (unpaired) electrons. The van der Waals surface area contributed by atoms with Crippen molar-refractivity contribution in [3.63, 3.8) is 0 Å². The Balaban J connectivity index is 1.36. The molecule has 28 heavy (non-hydrogen) atoms. The average Bonchev–Trinajstić information content (AvgIpc) is 3.37. The van der Waals surface area contributed by atoms with Gasteiger partial charge in [-0.25, -0.2) is 4.98 Å². The highest BCUT2D eigenvalue weighted by molar-refractivity contribution is 7.98. The van der Waals surface area contributed by atoms with Gasteiger partial charge in [0.1, 0.15) is 10.7 Å². The molecular weight excluding hydrogens is 410 g/mol. The van der Waals surface area contributed by atoms with Gasteiger partial charge in [-0.05, 0) is 43.4 Å². The standard InChI is InChI=1S/C19H15N5OS3/c25-16-15-10-5-1-3-7-12(10)27-17(15)21-14(20-16)9-26-18-22-23-19-24(18)11-6-2-4-8-13(11)28-19/h2,4,6,8H,1,3,5,7,9H2,(H,20,21,25). The number of hydrogen-bond acceptors (Lipinski definition) is 7. The van der Waals surface area contributed by atoms with Crippen LogP contribution in [-0.4, -0.2) is 24.6 Å². The van der Waals surface area contributed by atoms with Crippen molar-refractivity contribution >= 4 is 59.8 Å². The summed E-state index contributed by atoms with van der Waals surface area (Å²) in [6.07, 6.45) is 4.44. The van der Waals surface area contributed by atoms with Crippen LogP contribution in [0.2, 0.25) is 0 Å². The minimum atomic E-state index is -0.00706. The van der Waals surface area contributed by atoms with Crippen LogP contribution in [0.3, 0.4) is 0 Å². The first kappa shape index (κ1) is 16.7. The number of nitrogens with zero attached hydrogens (tertiary/aromatic N) is 4. The number of thioether (sulfide) groups is 1. The molecule has 1 aromatic carbocycles. The number of H-pyrrole nitrogens is 1. The average molecular weight is 426 g/mol. The van der Waals surface area contributed by atoms with E-state index in [2.05, 4.69) is 31.7 Å². The van der Waals surface area contributed by atoms with Crippen LogP contribution < -0.4 is 5.56 Å². The van der Waals surface area contributed by atoms with E-state index in [0.29, 0.717) is 11.6 Å². The number of thiophene rings is 1. The highest BCUT2D eigenvalue weighted by atomic mass is 32.2. The van der Waals surface area contributed by atoms with Crippen molar-refractivity contribution in [1.29, 1.82) is 0 Å². The molecule has 0 saturated heterocycles. The van der Waals surface area contributed by atoms with Gasteiger partial charge >= 0.3 is 0 Å². The number of rotatable bonds is 3. The number of aromatic amines is 1. The van der Waals surface area contributed by atoms with Crippen LogP contribution in [0.25, 0.3) is 25.4 Å². The normalized spacial score (nSPS) is 14.3. The third-order valence-electron chi connectivity index (χ3n) is 5.12. The van der Waals surface area contributed by atoms with Gasteiger partial charge in [0.15, 0.2) is 5.16 Å². The summed E-state index contributed by atoms with van der Waals surface area (Å²) < 4.78 is 3.26. The second-order valence-corrected chi connectivity index (χ2v) is 9.90. The molecule has 1 aliphatic rings. The number of hydrogen-bond donors (Lipinski definition) is 1. The molecule has 5 aromatic rings. The zero-order valence-electron chi connectivity index (χ0n) is 14.8. The zero-order chi connectivity index (χ0) is 18.7. The largest absolute Gasteiger partial charge is 0.309 e. The monoisotopic (exact) mass is 425 g/mol. The van der Waals surface area contributed by atoms with E-state index >= 15 is 0 Å². The van der Waals surface area contributed by atoms with Crippen molar-refractivity contribution in [1.82, 2.24) is 24.6 Å². The molecule has 6 nitrogen and oxygen atoms in total. The van der Waals surface area contributed by atoms with Crippen LogP contribution >= 0.6 is 34.4 Å². The SMILES string of the molecule is O=c1[nH]c(CSc2nnc3sc4ccccc4n23)nc2sc3c(c12)CCCC3. The summed E-state index contributed by atoms with van der Waals surface area (Å²) in [5.41, 5.74) is 2.33. The molecule has 6 rings (SSSR count). The van der Waals surface area contributed by atoms with Gasteiger partial charge in [-0.3, -0.25) is 9.20 Å². The number of aromatic nitrogens is 5. The minimum absolute atomic E-state index is 0.00706. The van der Waals surface area contributed by atoms with E-state index in [1.807, 2.05) is 12.1 Å². The van der Waals surface area contributed by atoms with Crippen LogP contribution in [0, 0.1) is 0 Å². The Labute approximate surface area is 171 Å². The predicted molar refractivity (Wildman–Crippen MR) is 115 cm³/mol. The first-order chi connectivity index (χ1) is 13.8. The van der Waals surface area contributed by atoms with Gasteiger partial charge < -0.3 is 4.98 Å². The maximum Gasteiger partial charge on any atom is 0.259 e. The molecule has 1 N–H and O–H groups in total. The first-order valence-electron chi connectivity index (χ1n) is 9.17. The van der Waals surface area contributed by atoms with Gasteiger partial charge in [-0.1, -0.05) is 35.2 Å². The molecule has 0 atom stereocenters. The molecule has 0 saturated carbocycles. The lowest BCUT2D eigenvalue weighted by atomic mass is 9.97. The fraction of sp³-hybridized carbons (Fsp3) is 0.263. The van der Waals surface area contributed by atoms with Crippen LogP contribution in [0.15, 0.2) is 34.2 Å². The van der Waals surface area contributed by atoms with Gasteiger partial charge in [0.25, 0.3) is 5.56 Å². The van der Waals surface area contributed by atoms with E-state index in [1.54, 1.807) is 34.4 Å². The van der Waals surface area contributed by atoms with Crippen LogP contribution in [0.4, 0.5) is 0 Å². The number of nitrogens with one attached hydrogen (secondary N) is 1. The fourth-order valence-electron chi connectivity index (χ4n) is 3.86. The summed E-state index contributed by atoms with van der Waals surface area (Å²) in [4.78, 5) is 23.6. The maximum absolute atomic E-state index is 12.7. The van der Waals surface area contributed by atoms with Gasteiger partial charge in [-0.15, -0.1) is 21.5 Å². The summed E-state index contributed by atoms with van der Waals surface area (Å²) in [5.74, 6) is 1.25. The Kier molecular flexibility index (Phi) is 3.82. The Morgan fingerprint density at radius 1 is 1.14 bits per heavy atom. The number of aryl methyl sites for hydroxylation is 2. The van der Waals surface area contributed by atoms with Crippen LogP contribution in [0.5, 0.6) is 0 Å². The van der Waals surface area contributed by atoms with E-state index in [-0.39, 0.29) is 5.56 Å². The Bertz CT molecular complexity index is 1410. The highest BCUT2D eigenvalue weighted by Crippen LogP contribution is 2.34. The Morgan fingerprint density at radius 3 is 3.00 bits per heavy atom. The van der Waals surface area contributed by atoms with E-state index in [9.17, 15) is 4.79 Å². The van der Waals surface area contributed by atoms with E-state index in [0.717, 1.165) is 45.1 Å².